The molecule has 0 saturated carbocycles. The molecule has 23 heavy (non-hydrogen) atoms. The number of nitrogens with one attached hydrogen (secondary N) is 1. The Balaban J connectivity index is 2.35. The zero-order valence-electron chi connectivity index (χ0n) is 12.5. The third-order valence-corrected chi connectivity index (χ3v) is 4.78. The molecule has 1 aromatic heterocycles. The highest BCUT2D eigenvalue weighted by Gasteiger charge is 2.19. The van der Waals surface area contributed by atoms with Crippen LogP contribution in [0.5, 0.6) is 0 Å². The van der Waals surface area contributed by atoms with Crippen LogP contribution in [0.4, 0.5) is 0 Å². The van der Waals surface area contributed by atoms with Gasteiger partial charge in [0, 0.05) is 16.5 Å². The second-order valence-electron chi connectivity index (χ2n) is 5.34. The van der Waals surface area contributed by atoms with Crippen LogP contribution in [0.25, 0.3) is 22.2 Å². The standard InChI is InChI=1S/C18H15Cl2NO2/c1-2-10-5-3-6-11-13(9-15(22)23)18(21-17(10)11)12-7-4-8-14(19)16(12)20/h3-8,21H,2,9H2,1H3,(H,22,23). The average molecular weight is 348 g/mol. The zero-order chi connectivity index (χ0) is 16.6. The van der Waals surface area contributed by atoms with Gasteiger partial charge in [-0.05, 0) is 23.6 Å². The maximum absolute atomic E-state index is 11.3. The number of para-hydroxylation sites is 1. The largest absolute Gasteiger partial charge is 0.481 e. The summed E-state index contributed by atoms with van der Waals surface area (Å²) in [5.74, 6) is -0.882. The van der Waals surface area contributed by atoms with Crippen LogP contribution < -0.4 is 0 Å². The van der Waals surface area contributed by atoms with Gasteiger partial charge in [-0.25, -0.2) is 0 Å². The van der Waals surface area contributed by atoms with Crippen molar-refractivity contribution in [3.8, 4) is 11.3 Å². The van der Waals surface area contributed by atoms with Crippen molar-refractivity contribution >= 4 is 40.1 Å². The van der Waals surface area contributed by atoms with E-state index < -0.39 is 5.97 Å². The van der Waals surface area contributed by atoms with Crippen molar-refractivity contribution in [3.05, 3.63) is 57.6 Å². The predicted octanol–water partition coefficient (Wildman–Crippen LogP) is 5.33. The minimum atomic E-state index is -0.882. The molecule has 0 radical (unpaired) electrons. The third kappa shape index (κ3) is 2.82. The number of carboxylic acid groups (broad SMARTS) is 1. The van der Waals surface area contributed by atoms with E-state index in [0.29, 0.717) is 15.6 Å². The van der Waals surface area contributed by atoms with E-state index >= 15 is 0 Å². The lowest BCUT2D eigenvalue weighted by Crippen LogP contribution is -2.01. The molecule has 3 aromatic rings. The Bertz CT molecular complexity index is 899. The van der Waals surface area contributed by atoms with Gasteiger partial charge in [0.1, 0.15) is 0 Å². The fourth-order valence-corrected chi connectivity index (χ4v) is 3.29. The maximum atomic E-state index is 11.3. The number of rotatable bonds is 4. The first kappa shape index (κ1) is 15.9. The Labute approximate surface area is 143 Å². The van der Waals surface area contributed by atoms with Gasteiger partial charge in [0.25, 0.3) is 0 Å². The SMILES string of the molecule is CCc1cccc2c(CC(=O)O)c(-c3cccc(Cl)c3Cl)[nH]c12. The molecular formula is C18H15Cl2NO2. The summed E-state index contributed by atoms with van der Waals surface area (Å²) in [6, 6.07) is 11.3. The van der Waals surface area contributed by atoms with Gasteiger partial charge >= 0.3 is 5.97 Å². The summed E-state index contributed by atoms with van der Waals surface area (Å²) in [6.07, 6.45) is 0.776. The van der Waals surface area contributed by atoms with Crippen molar-refractivity contribution in [1.82, 2.24) is 4.98 Å². The van der Waals surface area contributed by atoms with Crippen molar-refractivity contribution in [2.75, 3.05) is 0 Å². The molecule has 0 unspecified atom stereocenters. The molecule has 2 N–H and O–H groups in total. The predicted molar refractivity (Wildman–Crippen MR) is 94.5 cm³/mol. The number of aryl methyl sites for hydroxylation is 1. The first-order valence-corrected chi connectivity index (χ1v) is 8.07. The van der Waals surface area contributed by atoms with Crippen LogP contribution in [0.1, 0.15) is 18.1 Å². The van der Waals surface area contributed by atoms with Crippen LogP contribution in [0.2, 0.25) is 10.0 Å². The Morgan fingerprint density at radius 3 is 2.61 bits per heavy atom. The van der Waals surface area contributed by atoms with Crippen LogP contribution in [-0.2, 0) is 17.6 Å². The van der Waals surface area contributed by atoms with Crippen molar-refractivity contribution in [2.24, 2.45) is 0 Å². The number of carbonyl (C=O) groups is 1. The van der Waals surface area contributed by atoms with Gasteiger partial charge in [-0.3, -0.25) is 4.79 Å². The number of halogens is 2. The molecule has 0 fully saturated rings. The monoisotopic (exact) mass is 347 g/mol. The molecule has 0 amide bonds. The number of hydrogen-bond donors (Lipinski definition) is 2. The lowest BCUT2D eigenvalue weighted by Gasteiger charge is -2.06. The highest BCUT2D eigenvalue weighted by molar-refractivity contribution is 6.43. The summed E-state index contributed by atoms with van der Waals surface area (Å²) >= 11 is 12.5. The molecule has 3 rings (SSSR count). The second-order valence-corrected chi connectivity index (χ2v) is 6.13. The number of hydrogen-bond acceptors (Lipinski definition) is 1. The second kappa shape index (κ2) is 6.26. The molecule has 0 aliphatic heterocycles. The van der Waals surface area contributed by atoms with Gasteiger partial charge in [0.05, 0.1) is 22.2 Å². The topological polar surface area (TPSA) is 53.1 Å². The molecule has 0 spiro atoms. The van der Waals surface area contributed by atoms with Crippen molar-refractivity contribution in [2.45, 2.75) is 19.8 Å². The smallest absolute Gasteiger partial charge is 0.307 e. The van der Waals surface area contributed by atoms with Crippen molar-refractivity contribution in [3.63, 3.8) is 0 Å². The van der Waals surface area contributed by atoms with Crippen molar-refractivity contribution in [1.29, 1.82) is 0 Å². The lowest BCUT2D eigenvalue weighted by molar-refractivity contribution is -0.136. The van der Waals surface area contributed by atoms with Crippen LogP contribution in [-0.4, -0.2) is 16.1 Å². The highest BCUT2D eigenvalue weighted by Crippen LogP contribution is 2.38. The first-order chi connectivity index (χ1) is 11.0. The number of aromatic nitrogens is 1. The maximum Gasteiger partial charge on any atom is 0.307 e. The molecule has 0 atom stereocenters. The molecule has 0 saturated heterocycles. The van der Waals surface area contributed by atoms with E-state index in [9.17, 15) is 9.90 Å². The van der Waals surface area contributed by atoms with Gasteiger partial charge in [0.15, 0.2) is 0 Å². The summed E-state index contributed by atoms with van der Waals surface area (Å²) in [5, 5.41) is 11.1. The van der Waals surface area contributed by atoms with E-state index in [2.05, 4.69) is 11.9 Å². The summed E-state index contributed by atoms with van der Waals surface area (Å²) in [4.78, 5) is 14.7. The molecule has 118 valence electrons. The van der Waals surface area contributed by atoms with Gasteiger partial charge in [-0.2, -0.15) is 0 Å². The summed E-state index contributed by atoms with van der Waals surface area (Å²) in [5.41, 5.74) is 4.26. The minimum Gasteiger partial charge on any atom is -0.481 e. The van der Waals surface area contributed by atoms with E-state index in [0.717, 1.165) is 34.1 Å². The number of carboxylic acids is 1. The fraction of sp³-hybridized carbons (Fsp3) is 0.167. The third-order valence-electron chi connectivity index (χ3n) is 3.96. The Morgan fingerprint density at radius 2 is 1.91 bits per heavy atom. The van der Waals surface area contributed by atoms with Crippen LogP contribution >= 0.6 is 23.2 Å². The molecule has 0 aliphatic rings. The van der Waals surface area contributed by atoms with Crippen LogP contribution in [0.3, 0.4) is 0 Å². The summed E-state index contributed by atoms with van der Waals surface area (Å²) in [7, 11) is 0. The number of aromatic amines is 1. The average Bonchev–Trinajstić information content (AvgIpc) is 2.88. The highest BCUT2D eigenvalue weighted by atomic mass is 35.5. The summed E-state index contributed by atoms with van der Waals surface area (Å²) < 4.78 is 0. The van der Waals surface area contributed by atoms with Crippen LogP contribution in [0.15, 0.2) is 36.4 Å². The normalized spacial score (nSPS) is 11.1. The molecule has 3 nitrogen and oxygen atoms in total. The number of aliphatic carboxylic acids is 1. The van der Waals surface area contributed by atoms with E-state index in [-0.39, 0.29) is 6.42 Å². The van der Waals surface area contributed by atoms with E-state index in [4.69, 9.17) is 23.2 Å². The molecule has 0 aliphatic carbocycles. The number of benzene rings is 2. The fourth-order valence-electron chi connectivity index (χ4n) is 2.89. The first-order valence-electron chi connectivity index (χ1n) is 7.31. The Hall–Kier alpha value is -1.97. The Kier molecular flexibility index (Phi) is 4.33. The molecule has 2 aromatic carbocycles. The number of fused-ring (bicyclic) bond motifs is 1. The van der Waals surface area contributed by atoms with Gasteiger partial charge < -0.3 is 10.1 Å². The van der Waals surface area contributed by atoms with Gasteiger partial charge in [-0.1, -0.05) is 60.5 Å². The van der Waals surface area contributed by atoms with E-state index in [1.54, 1.807) is 12.1 Å². The van der Waals surface area contributed by atoms with E-state index in [1.807, 2.05) is 24.3 Å². The number of H-pyrrole nitrogens is 1. The quantitative estimate of drug-likeness (QED) is 0.669. The molecule has 0 bridgehead atoms. The molecule has 5 heteroatoms. The van der Waals surface area contributed by atoms with Gasteiger partial charge in [-0.15, -0.1) is 0 Å². The summed E-state index contributed by atoms with van der Waals surface area (Å²) in [6.45, 7) is 2.07. The zero-order valence-corrected chi connectivity index (χ0v) is 14.0. The van der Waals surface area contributed by atoms with Crippen molar-refractivity contribution < 1.29 is 9.90 Å². The Morgan fingerprint density at radius 1 is 1.17 bits per heavy atom. The lowest BCUT2D eigenvalue weighted by atomic mass is 10.0. The molecule has 1 heterocycles. The van der Waals surface area contributed by atoms with Crippen LogP contribution in [0, 0.1) is 0 Å². The minimum absolute atomic E-state index is 0.0780. The molecular weight excluding hydrogens is 333 g/mol. The van der Waals surface area contributed by atoms with E-state index in [1.165, 1.54) is 0 Å². The van der Waals surface area contributed by atoms with Gasteiger partial charge in [0.2, 0.25) is 0 Å².